The first-order valence-corrected chi connectivity index (χ1v) is 7.33. The molecule has 1 aromatic heterocycles. The second-order valence-electron chi connectivity index (χ2n) is 3.13. The Morgan fingerprint density at radius 2 is 1.32 bits per heavy atom. The summed E-state index contributed by atoms with van der Waals surface area (Å²) >= 11 is 0. The lowest BCUT2D eigenvalue weighted by molar-refractivity contribution is 0.740. The fraction of sp³-hybridized carbons (Fsp3) is 0.471. The highest BCUT2D eigenvalue weighted by Gasteiger charge is 2.04. The molecular formula is C17H30N2. The van der Waals surface area contributed by atoms with Crippen LogP contribution in [0.2, 0.25) is 0 Å². The first-order chi connectivity index (χ1) is 9.29. The molecule has 0 unspecified atom stereocenters. The third kappa shape index (κ3) is 6.23. The van der Waals surface area contributed by atoms with Gasteiger partial charge in [-0.3, -0.25) is 4.68 Å². The molecule has 0 saturated heterocycles. The van der Waals surface area contributed by atoms with Crippen molar-refractivity contribution in [2.75, 3.05) is 0 Å². The molecule has 1 aromatic carbocycles. The van der Waals surface area contributed by atoms with E-state index in [0.29, 0.717) is 0 Å². The molecule has 0 fully saturated rings. The molecule has 0 radical (unpaired) electrons. The summed E-state index contributed by atoms with van der Waals surface area (Å²) in [7, 11) is 1.96. The van der Waals surface area contributed by atoms with Crippen LogP contribution in [0.5, 0.6) is 0 Å². The molecular weight excluding hydrogens is 232 g/mol. The van der Waals surface area contributed by atoms with Gasteiger partial charge in [0.1, 0.15) is 0 Å². The Morgan fingerprint density at radius 1 is 0.842 bits per heavy atom. The van der Waals surface area contributed by atoms with Gasteiger partial charge < -0.3 is 0 Å². The van der Waals surface area contributed by atoms with Crippen molar-refractivity contribution in [3.05, 3.63) is 42.2 Å². The maximum atomic E-state index is 4.21. The molecule has 0 bridgehead atoms. The van der Waals surface area contributed by atoms with E-state index in [2.05, 4.69) is 24.2 Å². The smallest absolute Gasteiger partial charge is 0.0571 e. The van der Waals surface area contributed by atoms with Crippen molar-refractivity contribution in [1.29, 1.82) is 0 Å². The second-order valence-corrected chi connectivity index (χ2v) is 3.13. The molecule has 1 heterocycles. The second kappa shape index (κ2) is 12.9. The summed E-state index contributed by atoms with van der Waals surface area (Å²) in [5, 5.41) is 4.21. The largest absolute Gasteiger partial charge is 0.272 e. The predicted molar refractivity (Wildman–Crippen MR) is 87.4 cm³/mol. The van der Waals surface area contributed by atoms with Crippen molar-refractivity contribution in [3.8, 4) is 11.1 Å². The normalized spacial score (nSPS) is 8.00. The van der Waals surface area contributed by atoms with Crippen molar-refractivity contribution < 1.29 is 0 Å². The Morgan fingerprint density at radius 3 is 1.68 bits per heavy atom. The molecule has 2 nitrogen and oxygen atoms in total. The van der Waals surface area contributed by atoms with Gasteiger partial charge in [-0.25, -0.2) is 0 Å². The van der Waals surface area contributed by atoms with Gasteiger partial charge in [0.2, 0.25) is 0 Å². The molecule has 2 heteroatoms. The Bertz CT molecular complexity index is 402. The highest BCUT2D eigenvalue weighted by molar-refractivity contribution is 5.64. The SMILES string of the molecule is CC.CC.CC.Cc1c(-c2ccccc2)cnn1C. The van der Waals surface area contributed by atoms with E-state index >= 15 is 0 Å². The molecule has 2 rings (SSSR count). The van der Waals surface area contributed by atoms with Gasteiger partial charge in [-0.1, -0.05) is 71.9 Å². The first-order valence-electron chi connectivity index (χ1n) is 7.33. The Balaban J connectivity index is 0. The van der Waals surface area contributed by atoms with E-state index in [-0.39, 0.29) is 0 Å². The average Bonchev–Trinajstić information content (AvgIpc) is 2.86. The molecule has 0 amide bonds. The monoisotopic (exact) mass is 262 g/mol. The molecule has 0 aliphatic carbocycles. The number of hydrogen-bond acceptors (Lipinski definition) is 1. The zero-order valence-electron chi connectivity index (χ0n) is 13.9. The summed E-state index contributed by atoms with van der Waals surface area (Å²) in [6, 6.07) is 10.3. The van der Waals surface area contributed by atoms with E-state index in [4.69, 9.17) is 0 Å². The maximum absolute atomic E-state index is 4.21. The summed E-state index contributed by atoms with van der Waals surface area (Å²) in [5.41, 5.74) is 3.64. The van der Waals surface area contributed by atoms with Gasteiger partial charge >= 0.3 is 0 Å². The third-order valence-electron chi connectivity index (χ3n) is 2.32. The van der Waals surface area contributed by atoms with Crippen LogP contribution in [-0.2, 0) is 7.05 Å². The number of benzene rings is 1. The Hall–Kier alpha value is -1.57. The summed E-state index contributed by atoms with van der Waals surface area (Å²) in [5.74, 6) is 0. The lowest BCUT2D eigenvalue weighted by Crippen LogP contribution is -1.92. The number of aryl methyl sites for hydroxylation is 1. The van der Waals surface area contributed by atoms with Crippen LogP contribution in [0.3, 0.4) is 0 Å². The van der Waals surface area contributed by atoms with Crippen molar-refractivity contribution in [2.24, 2.45) is 7.05 Å². The van der Waals surface area contributed by atoms with Gasteiger partial charge in [0, 0.05) is 18.3 Å². The molecule has 0 atom stereocenters. The molecule has 108 valence electrons. The highest BCUT2D eigenvalue weighted by Crippen LogP contribution is 2.21. The Kier molecular flexibility index (Phi) is 13.4. The number of hydrogen-bond donors (Lipinski definition) is 0. The van der Waals surface area contributed by atoms with Gasteiger partial charge in [0.15, 0.2) is 0 Å². The summed E-state index contributed by atoms with van der Waals surface area (Å²) in [6.07, 6.45) is 1.91. The van der Waals surface area contributed by atoms with Gasteiger partial charge in [0.05, 0.1) is 6.20 Å². The van der Waals surface area contributed by atoms with E-state index in [0.717, 1.165) is 0 Å². The lowest BCUT2D eigenvalue weighted by Gasteiger charge is -1.99. The first kappa shape index (κ1) is 19.8. The van der Waals surface area contributed by atoms with E-state index in [9.17, 15) is 0 Å². The van der Waals surface area contributed by atoms with Crippen molar-refractivity contribution >= 4 is 0 Å². The average molecular weight is 262 g/mol. The van der Waals surface area contributed by atoms with Crippen LogP contribution in [0.25, 0.3) is 11.1 Å². The van der Waals surface area contributed by atoms with E-state index in [1.54, 1.807) is 0 Å². The quantitative estimate of drug-likeness (QED) is 0.666. The fourth-order valence-electron chi connectivity index (χ4n) is 1.40. The van der Waals surface area contributed by atoms with Crippen LogP contribution in [-0.4, -0.2) is 9.78 Å². The zero-order valence-corrected chi connectivity index (χ0v) is 13.9. The van der Waals surface area contributed by atoms with Gasteiger partial charge in [-0.15, -0.1) is 0 Å². The number of aromatic nitrogens is 2. The summed E-state index contributed by atoms with van der Waals surface area (Å²) in [4.78, 5) is 0. The van der Waals surface area contributed by atoms with Crippen LogP contribution in [0.15, 0.2) is 36.5 Å². The minimum atomic E-state index is 1.20. The molecule has 0 aliphatic heterocycles. The van der Waals surface area contributed by atoms with Gasteiger partial charge in [0.25, 0.3) is 0 Å². The van der Waals surface area contributed by atoms with Gasteiger partial charge in [-0.05, 0) is 12.5 Å². The van der Waals surface area contributed by atoms with Crippen molar-refractivity contribution in [1.82, 2.24) is 9.78 Å². The molecule has 0 aliphatic rings. The van der Waals surface area contributed by atoms with Crippen molar-refractivity contribution in [2.45, 2.75) is 48.5 Å². The van der Waals surface area contributed by atoms with Crippen LogP contribution in [0, 0.1) is 6.92 Å². The van der Waals surface area contributed by atoms with Gasteiger partial charge in [-0.2, -0.15) is 5.10 Å². The van der Waals surface area contributed by atoms with E-state index in [1.165, 1.54) is 16.8 Å². The number of rotatable bonds is 1. The topological polar surface area (TPSA) is 17.8 Å². The molecule has 2 aromatic rings. The molecule has 19 heavy (non-hydrogen) atoms. The summed E-state index contributed by atoms with van der Waals surface area (Å²) < 4.78 is 1.89. The van der Waals surface area contributed by atoms with E-state index < -0.39 is 0 Å². The number of nitrogens with zero attached hydrogens (tertiary/aromatic N) is 2. The van der Waals surface area contributed by atoms with E-state index in [1.807, 2.05) is 77.7 Å². The molecule has 0 N–H and O–H groups in total. The maximum Gasteiger partial charge on any atom is 0.0571 e. The molecule has 0 spiro atoms. The van der Waals surface area contributed by atoms with Crippen LogP contribution >= 0.6 is 0 Å². The van der Waals surface area contributed by atoms with Crippen molar-refractivity contribution in [3.63, 3.8) is 0 Å². The predicted octanol–water partition coefficient (Wildman–Crippen LogP) is 5.47. The lowest BCUT2D eigenvalue weighted by atomic mass is 10.1. The minimum absolute atomic E-state index is 1.20. The fourth-order valence-corrected chi connectivity index (χ4v) is 1.40. The standard InChI is InChI=1S/C11H12N2.3C2H6/c1-9-11(8-12-13(9)2)10-6-4-3-5-7-10;3*1-2/h3-8H,1-2H3;3*1-2H3. The summed E-state index contributed by atoms with van der Waals surface area (Å²) in [6.45, 7) is 14.1. The highest BCUT2D eigenvalue weighted by atomic mass is 15.3. The Labute approximate surface area is 119 Å². The zero-order chi connectivity index (χ0) is 15.3. The van der Waals surface area contributed by atoms with Crippen LogP contribution < -0.4 is 0 Å². The molecule has 0 saturated carbocycles. The third-order valence-corrected chi connectivity index (χ3v) is 2.32. The minimum Gasteiger partial charge on any atom is -0.272 e. The van der Waals surface area contributed by atoms with Crippen LogP contribution in [0.4, 0.5) is 0 Å². The van der Waals surface area contributed by atoms with Crippen LogP contribution in [0.1, 0.15) is 47.2 Å².